The van der Waals surface area contributed by atoms with Crippen LogP contribution in [0.15, 0.2) is 18.2 Å². The highest BCUT2D eigenvalue weighted by Crippen LogP contribution is 2.28. The van der Waals surface area contributed by atoms with Crippen LogP contribution in [0.25, 0.3) is 0 Å². The van der Waals surface area contributed by atoms with E-state index in [1.54, 1.807) is 7.11 Å². The lowest BCUT2D eigenvalue weighted by Gasteiger charge is -2.21. The molecule has 0 aliphatic heterocycles. The molecule has 0 aromatic heterocycles. The SMILES string of the molecule is CCCNC(CCN(C)C)c1ccc(Cl)c(OC)c1. The van der Waals surface area contributed by atoms with Crippen LogP contribution in [0.1, 0.15) is 31.4 Å². The van der Waals surface area contributed by atoms with E-state index in [2.05, 4.69) is 37.3 Å². The maximum Gasteiger partial charge on any atom is 0.137 e. The number of rotatable bonds is 8. The molecule has 4 heteroatoms. The molecule has 0 saturated heterocycles. The van der Waals surface area contributed by atoms with Gasteiger partial charge in [0.15, 0.2) is 0 Å². The van der Waals surface area contributed by atoms with Crippen molar-refractivity contribution >= 4 is 11.6 Å². The predicted octanol–water partition coefficient (Wildman–Crippen LogP) is 3.34. The van der Waals surface area contributed by atoms with Crippen LogP contribution < -0.4 is 10.1 Å². The van der Waals surface area contributed by atoms with Crippen molar-refractivity contribution in [2.75, 3.05) is 34.3 Å². The van der Waals surface area contributed by atoms with Crippen LogP contribution in [0.2, 0.25) is 5.02 Å². The van der Waals surface area contributed by atoms with Gasteiger partial charge in [-0.25, -0.2) is 0 Å². The summed E-state index contributed by atoms with van der Waals surface area (Å²) in [6, 6.07) is 6.36. The van der Waals surface area contributed by atoms with Gasteiger partial charge in [-0.15, -0.1) is 0 Å². The van der Waals surface area contributed by atoms with Gasteiger partial charge in [0, 0.05) is 6.04 Å². The van der Waals surface area contributed by atoms with Crippen LogP contribution in [0.3, 0.4) is 0 Å². The Morgan fingerprint density at radius 1 is 1.37 bits per heavy atom. The maximum atomic E-state index is 6.08. The molecule has 0 amide bonds. The van der Waals surface area contributed by atoms with E-state index in [1.165, 1.54) is 5.56 Å². The fourth-order valence-corrected chi connectivity index (χ4v) is 2.18. The number of halogens is 1. The monoisotopic (exact) mass is 284 g/mol. The first-order valence-corrected chi connectivity index (χ1v) is 7.17. The fraction of sp³-hybridized carbons (Fsp3) is 0.600. The number of benzene rings is 1. The van der Waals surface area contributed by atoms with Gasteiger partial charge < -0.3 is 15.0 Å². The number of hydrogen-bond donors (Lipinski definition) is 1. The minimum Gasteiger partial charge on any atom is -0.495 e. The Labute approximate surface area is 121 Å². The lowest BCUT2D eigenvalue weighted by Crippen LogP contribution is -2.26. The van der Waals surface area contributed by atoms with E-state index in [0.717, 1.165) is 31.7 Å². The largest absolute Gasteiger partial charge is 0.495 e. The number of nitrogens with one attached hydrogen (secondary N) is 1. The third-order valence-corrected chi connectivity index (χ3v) is 3.40. The lowest BCUT2D eigenvalue weighted by atomic mass is 10.0. The molecule has 1 aromatic rings. The van der Waals surface area contributed by atoms with Gasteiger partial charge in [-0.05, 0) is 57.7 Å². The van der Waals surface area contributed by atoms with Crippen LogP contribution in [-0.2, 0) is 0 Å². The van der Waals surface area contributed by atoms with Gasteiger partial charge in [0.1, 0.15) is 5.75 Å². The van der Waals surface area contributed by atoms with Crippen LogP contribution in [0.5, 0.6) is 5.75 Å². The third-order valence-electron chi connectivity index (χ3n) is 3.08. The molecule has 3 nitrogen and oxygen atoms in total. The molecule has 19 heavy (non-hydrogen) atoms. The first kappa shape index (κ1) is 16.3. The molecule has 0 heterocycles. The molecule has 0 aliphatic carbocycles. The van der Waals surface area contributed by atoms with Crippen LogP contribution >= 0.6 is 11.6 Å². The molecular formula is C15H25ClN2O. The van der Waals surface area contributed by atoms with Crippen molar-refractivity contribution in [2.24, 2.45) is 0 Å². The van der Waals surface area contributed by atoms with Crippen molar-refractivity contribution in [1.82, 2.24) is 10.2 Å². The summed E-state index contributed by atoms with van der Waals surface area (Å²) in [5.74, 6) is 0.743. The van der Waals surface area contributed by atoms with Crippen molar-refractivity contribution in [3.05, 3.63) is 28.8 Å². The van der Waals surface area contributed by atoms with E-state index in [9.17, 15) is 0 Å². The Hall–Kier alpha value is -0.770. The zero-order valence-electron chi connectivity index (χ0n) is 12.4. The first-order valence-electron chi connectivity index (χ1n) is 6.80. The van der Waals surface area contributed by atoms with Gasteiger partial charge >= 0.3 is 0 Å². The molecular weight excluding hydrogens is 260 g/mol. The predicted molar refractivity (Wildman–Crippen MR) is 82.2 cm³/mol. The molecule has 0 aliphatic rings. The molecule has 0 radical (unpaired) electrons. The zero-order chi connectivity index (χ0) is 14.3. The highest BCUT2D eigenvalue weighted by molar-refractivity contribution is 6.32. The van der Waals surface area contributed by atoms with Gasteiger partial charge in [0.2, 0.25) is 0 Å². The van der Waals surface area contributed by atoms with E-state index >= 15 is 0 Å². The van der Waals surface area contributed by atoms with E-state index in [-0.39, 0.29) is 0 Å². The smallest absolute Gasteiger partial charge is 0.137 e. The van der Waals surface area contributed by atoms with Crippen LogP contribution in [0.4, 0.5) is 0 Å². The second-order valence-electron chi connectivity index (χ2n) is 4.99. The Balaban J connectivity index is 2.82. The van der Waals surface area contributed by atoms with E-state index in [4.69, 9.17) is 16.3 Å². The summed E-state index contributed by atoms with van der Waals surface area (Å²) in [5, 5.41) is 4.25. The second-order valence-corrected chi connectivity index (χ2v) is 5.40. The minimum atomic E-state index is 0.341. The van der Waals surface area contributed by atoms with Gasteiger partial charge in [-0.2, -0.15) is 0 Å². The quantitative estimate of drug-likeness (QED) is 0.792. The summed E-state index contributed by atoms with van der Waals surface area (Å²) in [7, 11) is 5.85. The average molecular weight is 285 g/mol. The van der Waals surface area contributed by atoms with E-state index in [1.807, 2.05) is 12.1 Å². The van der Waals surface area contributed by atoms with Crippen LogP contribution in [-0.4, -0.2) is 39.2 Å². The van der Waals surface area contributed by atoms with Crippen molar-refractivity contribution < 1.29 is 4.74 Å². The molecule has 1 unspecified atom stereocenters. The molecule has 0 spiro atoms. The Morgan fingerprint density at radius 3 is 2.68 bits per heavy atom. The number of methoxy groups -OCH3 is 1. The molecule has 1 rings (SSSR count). The molecule has 0 saturated carbocycles. The Morgan fingerprint density at radius 2 is 2.11 bits per heavy atom. The summed E-state index contributed by atoms with van der Waals surface area (Å²) in [6.07, 6.45) is 2.20. The van der Waals surface area contributed by atoms with E-state index in [0.29, 0.717) is 11.1 Å². The standard InChI is InChI=1S/C15H25ClN2O/c1-5-9-17-14(8-10-18(2)3)12-6-7-13(16)15(11-12)19-4/h6-7,11,14,17H,5,8-10H2,1-4H3. The maximum absolute atomic E-state index is 6.08. The number of hydrogen-bond acceptors (Lipinski definition) is 3. The lowest BCUT2D eigenvalue weighted by molar-refractivity contribution is 0.360. The molecule has 0 fully saturated rings. The van der Waals surface area contributed by atoms with Gasteiger partial charge in [-0.3, -0.25) is 0 Å². The minimum absolute atomic E-state index is 0.341. The van der Waals surface area contributed by atoms with Gasteiger partial charge in [-0.1, -0.05) is 24.6 Å². The number of nitrogens with zero attached hydrogens (tertiary/aromatic N) is 1. The summed E-state index contributed by atoms with van der Waals surface area (Å²) < 4.78 is 5.30. The molecule has 0 bridgehead atoms. The van der Waals surface area contributed by atoms with Gasteiger partial charge in [0.25, 0.3) is 0 Å². The molecule has 1 N–H and O–H groups in total. The van der Waals surface area contributed by atoms with Crippen molar-refractivity contribution in [2.45, 2.75) is 25.8 Å². The summed E-state index contributed by atoms with van der Waals surface area (Å²) >= 11 is 6.08. The zero-order valence-corrected chi connectivity index (χ0v) is 13.1. The fourth-order valence-electron chi connectivity index (χ4n) is 1.99. The molecule has 1 atom stereocenters. The second kappa shape index (κ2) is 8.41. The normalized spacial score (nSPS) is 12.7. The van der Waals surface area contributed by atoms with Crippen LogP contribution in [0, 0.1) is 0 Å². The van der Waals surface area contributed by atoms with Crippen molar-refractivity contribution in [3.63, 3.8) is 0 Å². The highest BCUT2D eigenvalue weighted by atomic mass is 35.5. The molecule has 1 aromatic carbocycles. The first-order chi connectivity index (χ1) is 9.08. The average Bonchev–Trinajstić information content (AvgIpc) is 2.39. The Bertz CT molecular complexity index is 382. The van der Waals surface area contributed by atoms with Gasteiger partial charge in [0.05, 0.1) is 12.1 Å². The van der Waals surface area contributed by atoms with E-state index < -0.39 is 0 Å². The van der Waals surface area contributed by atoms with Crippen molar-refractivity contribution in [1.29, 1.82) is 0 Å². The third kappa shape index (κ3) is 5.39. The topological polar surface area (TPSA) is 24.5 Å². The summed E-state index contributed by atoms with van der Waals surface area (Å²) in [6.45, 7) is 4.24. The van der Waals surface area contributed by atoms with Crippen molar-refractivity contribution in [3.8, 4) is 5.75 Å². The Kier molecular flexibility index (Phi) is 7.21. The highest BCUT2D eigenvalue weighted by Gasteiger charge is 2.13. The molecule has 108 valence electrons. The summed E-state index contributed by atoms with van der Waals surface area (Å²) in [4.78, 5) is 2.20. The summed E-state index contributed by atoms with van der Waals surface area (Å²) in [5.41, 5.74) is 1.23. The number of ether oxygens (including phenoxy) is 1.